The molecule has 2 heteroatoms. The highest BCUT2D eigenvalue weighted by Crippen LogP contribution is 2.45. The van der Waals surface area contributed by atoms with Crippen LogP contribution in [0.5, 0.6) is 0 Å². The molecular weight excluding hydrogens is 174 g/mol. The van der Waals surface area contributed by atoms with Gasteiger partial charge in [0.15, 0.2) is 0 Å². The summed E-state index contributed by atoms with van der Waals surface area (Å²) in [6.45, 7) is 2.09. The molecule has 1 aliphatic heterocycles. The van der Waals surface area contributed by atoms with Crippen molar-refractivity contribution in [2.75, 3.05) is 0 Å². The van der Waals surface area contributed by atoms with Crippen molar-refractivity contribution in [2.24, 2.45) is 5.92 Å². The Morgan fingerprint density at radius 1 is 1.36 bits per heavy atom. The molecule has 1 N–H and O–H groups in total. The fourth-order valence-electron chi connectivity index (χ4n) is 2.37. The van der Waals surface area contributed by atoms with Crippen molar-refractivity contribution in [3.8, 4) is 0 Å². The summed E-state index contributed by atoms with van der Waals surface area (Å²) in [5.74, 6) is 0.807. The average molecular weight is 187 g/mol. The van der Waals surface area contributed by atoms with Crippen molar-refractivity contribution in [1.29, 1.82) is 0 Å². The lowest BCUT2D eigenvalue weighted by Crippen LogP contribution is -2.20. The monoisotopic (exact) mass is 187 g/mol. The number of hydrogen-bond donors (Lipinski definition) is 1. The van der Waals surface area contributed by atoms with Gasteiger partial charge < -0.3 is 5.32 Å². The van der Waals surface area contributed by atoms with E-state index in [-0.39, 0.29) is 5.91 Å². The zero-order chi connectivity index (χ0) is 9.71. The number of carbonyl (C=O) groups excluding carboxylic acids is 1. The number of nitrogens with one attached hydrogen (secondary N) is 1. The average Bonchev–Trinajstić information content (AvgIpc) is 2.94. The number of fused-ring (bicyclic) bond motifs is 1. The first-order valence-corrected chi connectivity index (χ1v) is 5.18. The second-order valence-electron chi connectivity index (χ2n) is 4.32. The standard InChI is InChI=1S/C12H13NO/c1-7-3-2-4-9-10(7)11(8-5-6-8)13-12(9)14/h2-4,8,11H,5-6H2,1H3,(H,13,14). The molecule has 1 saturated carbocycles. The van der Waals surface area contributed by atoms with Crippen LogP contribution in [-0.4, -0.2) is 5.91 Å². The SMILES string of the molecule is Cc1cccc2c1C(C1CC1)NC2=O. The summed E-state index contributed by atoms with van der Waals surface area (Å²) in [5.41, 5.74) is 3.39. The number of aryl methyl sites for hydroxylation is 1. The minimum absolute atomic E-state index is 0.112. The van der Waals surface area contributed by atoms with Gasteiger partial charge in [0.2, 0.25) is 0 Å². The second kappa shape index (κ2) is 2.59. The molecule has 0 aromatic heterocycles. The summed E-state index contributed by atoms with van der Waals surface area (Å²) < 4.78 is 0. The van der Waals surface area contributed by atoms with Gasteiger partial charge >= 0.3 is 0 Å². The quantitative estimate of drug-likeness (QED) is 0.717. The molecule has 3 rings (SSSR count). The molecule has 72 valence electrons. The predicted molar refractivity (Wildman–Crippen MR) is 54.1 cm³/mol. The molecule has 0 radical (unpaired) electrons. The molecule has 1 atom stereocenters. The summed E-state index contributed by atoms with van der Waals surface area (Å²) in [6.07, 6.45) is 2.53. The molecular formula is C12H13NO. The summed E-state index contributed by atoms with van der Waals surface area (Å²) in [7, 11) is 0. The van der Waals surface area contributed by atoms with Gasteiger partial charge in [-0.25, -0.2) is 0 Å². The van der Waals surface area contributed by atoms with E-state index in [1.807, 2.05) is 12.1 Å². The zero-order valence-corrected chi connectivity index (χ0v) is 8.21. The lowest BCUT2D eigenvalue weighted by Gasteiger charge is -2.11. The largest absolute Gasteiger partial charge is 0.345 e. The third-order valence-corrected chi connectivity index (χ3v) is 3.26. The third kappa shape index (κ3) is 0.999. The maximum absolute atomic E-state index is 11.6. The van der Waals surface area contributed by atoms with Crippen LogP contribution in [0.3, 0.4) is 0 Å². The Bertz CT molecular complexity index is 407. The molecule has 14 heavy (non-hydrogen) atoms. The van der Waals surface area contributed by atoms with Gasteiger partial charge in [-0.1, -0.05) is 12.1 Å². The molecule has 1 unspecified atom stereocenters. The molecule has 1 aliphatic carbocycles. The van der Waals surface area contributed by atoms with E-state index in [2.05, 4.69) is 18.3 Å². The van der Waals surface area contributed by atoms with Crippen LogP contribution >= 0.6 is 0 Å². The molecule has 0 bridgehead atoms. The Labute approximate surface area is 83.3 Å². The van der Waals surface area contributed by atoms with Gasteiger partial charge in [-0.05, 0) is 42.9 Å². The van der Waals surface area contributed by atoms with Gasteiger partial charge in [0.1, 0.15) is 0 Å². The normalized spacial score (nSPS) is 24.6. The summed E-state index contributed by atoms with van der Waals surface area (Å²) in [6, 6.07) is 6.29. The molecule has 1 fully saturated rings. The maximum atomic E-state index is 11.6. The van der Waals surface area contributed by atoms with E-state index in [1.54, 1.807) is 0 Å². The Kier molecular flexibility index (Phi) is 1.49. The van der Waals surface area contributed by atoms with Gasteiger partial charge in [0.25, 0.3) is 5.91 Å². The highest BCUT2D eigenvalue weighted by atomic mass is 16.2. The van der Waals surface area contributed by atoms with E-state index >= 15 is 0 Å². The predicted octanol–water partition coefficient (Wildman–Crippen LogP) is 2.19. The number of benzene rings is 1. The highest BCUT2D eigenvalue weighted by Gasteiger charge is 2.40. The molecule has 1 heterocycles. The lowest BCUT2D eigenvalue weighted by atomic mass is 9.96. The summed E-state index contributed by atoms with van der Waals surface area (Å²) >= 11 is 0. The number of carbonyl (C=O) groups is 1. The van der Waals surface area contributed by atoms with Crippen molar-refractivity contribution in [2.45, 2.75) is 25.8 Å². The fraction of sp³-hybridized carbons (Fsp3) is 0.417. The Balaban J connectivity index is 2.14. The van der Waals surface area contributed by atoms with Crippen LogP contribution in [0.25, 0.3) is 0 Å². The van der Waals surface area contributed by atoms with Gasteiger partial charge in [0, 0.05) is 5.56 Å². The third-order valence-electron chi connectivity index (χ3n) is 3.26. The molecule has 1 aromatic rings. The van der Waals surface area contributed by atoms with E-state index in [0.29, 0.717) is 12.0 Å². The molecule has 1 aromatic carbocycles. The Hall–Kier alpha value is -1.31. The minimum Gasteiger partial charge on any atom is -0.345 e. The van der Waals surface area contributed by atoms with Crippen molar-refractivity contribution >= 4 is 5.91 Å². The van der Waals surface area contributed by atoms with Crippen molar-refractivity contribution < 1.29 is 4.79 Å². The van der Waals surface area contributed by atoms with Crippen molar-refractivity contribution in [3.05, 3.63) is 34.9 Å². The van der Waals surface area contributed by atoms with Crippen LogP contribution in [0.1, 0.15) is 40.4 Å². The van der Waals surface area contributed by atoms with Gasteiger partial charge in [-0.15, -0.1) is 0 Å². The molecule has 2 nitrogen and oxygen atoms in total. The van der Waals surface area contributed by atoms with Gasteiger partial charge in [-0.2, -0.15) is 0 Å². The van der Waals surface area contributed by atoms with E-state index in [4.69, 9.17) is 0 Å². The zero-order valence-electron chi connectivity index (χ0n) is 8.21. The Morgan fingerprint density at radius 2 is 2.14 bits per heavy atom. The second-order valence-corrected chi connectivity index (χ2v) is 4.32. The van der Waals surface area contributed by atoms with E-state index in [0.717, 1.165) is 5.56 Å². The summed E-state index contributed by atoms with van der Waals surface area (Å²) in [5, 5.41) is 3.08. The first-order valence-electron chi connectivity index (χ1n) is 5.18. The van der Waals surface area contributed by atoms with Crippen LogP contribution in [0, 0.1) is 12.8 Å². The summed E-state index contributed by atoms with van der Waals surface area (Å²) in [4.78, 5) is 11.6. The van der Waals surface area contributed by atoms with Gasteiger partial charge in [0.05, 0.1) is 6.04 Å². The first kappa shape index (κ1) is 8.04. The van der Waals surface area contributed by atoms with Crippen molar-refractivity contribution in [3.63, 3.8) is 0 Å². The fourth-order valence-corrected chi connectivity index (χ4v) is 2.37. The van der Waals surface area contributed by atoms with Crippen molar-refractivity contribution in [1.82, 2.24) is 5.32 Å². The maximum Gasteiger partial charge on any atom is 0.252 e. The molecule has 1 amide bonds. The van der Waals surface area contributed by atoms with E-state index in [9.17, 15) is 4.79 Å². The van der Waals surface area contributed by atoms with Crippen LogP contribution in [0.15, 0.2) is 18.2 Å². The van der Waals surface area contributed by atoms with Crippen LogP contribution in [-0.2, 0) is 0 Å². The highest BCUT2D eigenvalue weighted by molar-refractivity contribution is 5.99. The molecule has 0 spiro atoms. The molecule has 0 saturated heterocycles. The first-order chi connectivity index (χ1) is 6.77. The van der Waals surface area contributed by atoms with Gasteiger partial charge in [-0.3, -0.25) is 4.79 Å². The molecule has 2 aliphatic rings. The van der Waals surface area contributed by atoms with E-state index in [1.165, 1.54) is 24.0 Å². The number of rotatable bonds is 1. The topological polar surface area (TPSA) is 29.1 Å². The smallest absolute Gasteiger partial charge is 0.252 e. The minimum atomic E-state index is 0.112. The van der Waals surface area contributed by atoms with Crippen LogP contribution < -0.4 is 5.32 Å². The lowest BCUT2D eigenvalue weighted by molar-refractivity contribution is 0.0953. The number of hydrogen-bond acceptors (Lipinski definition) is 1. The van der Waals surface area contributed by atoms with Crippen LogP contribution in [0.4, 0.5) is 0 Å². The Morgan fingerprint density at radius 3 is 2.86 bits per heavy atom. The van der Waals surface area contributed by atoms with Crippen LogP contribution in [0.2, 0.25) is 0 Å². The van der Waals surface area contributed by atoms with E-state index < -0.39 is 0 Å². The number of amides is 1.